The van der Waals surface area contributed by atoms with Crippen molar-refractivity contribution >= 4 is 23.6 Å². The van der Waals surface area contributed by atoms with E-state index in [2.05, 4.69) is 15.3 Å². The summed E-state index contributed by atoms with van der Waals surface area (Å²) in [5.41, 5.74) is 2.84. The van der Waals surface area contributed by atoms with E-state index in [-0.39, 0.29) is 18.2 Å². The molecule has 1 N–H and O–H groups in total. The summed E-state index contributed by atoms with van der Waals surface area (Å²) in [5.74, 6) is 0.301. The average Bonchev–Trinajstić information content (AvgIpc) is 3.28. The number of ether oxygens (including phenoxy) is 2. The van der Waals surface area contributed by atoms with Crippen molar-refractivity contribution in [2.45, 2.75) is 38.9 Å². The Labute approximate surface area is 193 Å². The van der Waals surface area contributed by atoms with E-state index in [4.69, 9.17) is 9.47 Å². The number of anilines is 2. The number of benzene rings is 2. The van der Waals surface area contributed by atoms with Crippen LogP contribution in [0, 0.1) is 0 Å². The summed E-state index contributed by atoms with van der Waals surface area (Å²) in [4.78, 5) is 25.8. The fourth-order valence-corrected chi connectivity index (χ4v) is 3.96. The lowest BCUT2D eigenvalue weighted by molar-refractivity contribution is -0.147. The number of carbonyl (C=O) groups excluding carboxylic acids is 2. The Hall–Kier alpha value is -3.81. The van der Waals surface area contributed by atoms with Crippen LogP contribution in [0.4, 0.5) is 16.3 Å². The zero-order valence-corrected chi connectivity index (χ0v) is 18.8. The predicted molar refractivity (Wildman–Crippen MR) is 126 cm³/mol. The lowest BCUT2D eigenvalue weighted by Gasteiger charge is -2.33. The molecule has 1 aliphatic rings. The van der Waals surface area contributed by atoms with Crippen molar-refractivity contribution in [3.05, 3.63) is 72.4 Å². The zero-order valence-electron chi connectivity index (χ0n) is 18.8. The Morgan fingerprint density at radius 1 is 1.00 bits per heavy atom. The second kappa shape index (κ2) is 10.2. The number of rotatable bonds is 6. The van der Waals surface area contributed by atoms with E-state index in [9.17, 15) is 9.59 Å². The number of hydrogen-bond donors (Lipinski definition) is 1. The van der Waals surface area contributed by atoms with Gasteiger partial charge in [0.25, 0.3) is 0 Å². The van der Waals surface area contributed by atoms with E-state index >= 15 is 0 Å². The highest BCUT2D eigenvalue weighted by Gasteiger charge is 2.21. The third-order valence-corrected chi connectivity index (χ3v) is 5.66. The molecule has 1 atom stereocenters. The lowest BCUT2D eigenvalue weighted by Crippen LogP contribution is -2.37. The minimum atomic E-state index is -0.541. The van der Waals surface area contributed by atoms with Crippen LogP contribution in [0.5, 0.6) is 0 Å². The van der Waals surface area contributed by atoms with Crippen molar-refractivity contribution in [1.29, 1.82) is 0 Å². The summed E-state index contributed by atoms with van der Waals surface area (Å²) in [5, 5.41) is 7.12. The topological polar surface area (TPSA) is 85.7 Å². The molecule has 0 saturated carbocycles. The maximum atomic E-state index is 12.4. The summed E-state index contributed by atoms with van der Waals surface area (Å²) >= 11 is 0. The lowest BCUT2D eigenvalue weighted by atomic mass is 10.1. The molecular formula is C25H28N4O4. The van der Waals surface area contributed by atoms with Crippen LogP contribution in [0.3, 0.4) is 0 Å². The molecule has 172 valence electrons. The number of nitrogens with one attached hydrogen (secondary N) is 1. The summed E-state index contributed by atoms with van der Waals surface area (Å²) in [6, 6.07) is 19.3. The number of piperidine rings is 1. The van der Waals surface area contributed by atoms with Gasteiger partial charge in [-0.15, -0.1) is 0 Å². The highest BCUT2D eigenvalue weighted by atomic mass is 16.6. The fraction of sp³-hybridized carbons (Fsp3) is 0.320. The predicted octanol–water partition coefficient (Wildman–Crippen LogP) is 4.71. The smallest absolute Gasteiger partial charge is 0.413 e. The first-order chi connectivity index (χ1) is 16.0. The van der Waals surface area contributed by atoms with Crippen molar-refractivity contribution in [1.82, 2.24) is 9.78 Å². The van der Waals surface area contributed by atoms with E-state index < -0.39 is 6.09 Å². The summed E-state index contributed by atoms with van der Waals surface area (Å²) in [6.07, 6.45) is 2.35. The summed E-state index contributed by atoms with van der Waals surface area (Å²) in [7, 11) is 0. The van der Waals surface area contributed by atoms with Crippen molar-refractivity contribution in [3.8, 4) is 5.69 Å². The molecule has 1 aliphatic heterocycles. The quantitative estimate of drug-likeness (QED) is 0.550. The van der Waals surface area contributed by atoms with Gasteiger partial charge in [0.05, 0.1) is 11.9 Å². The minimum Gasteiger partial charge on any atom is -0.462 e. The molecule has 1 aromatic heterocycles. The van der Waals surface area contributed by atoms with Gasteiger partial charge in [0, 0.05) is 44.6 Å². The molecule has 33 heavy (non-hydrogen) atoms. The van der Waals surface area contributed by atoms with Crippen molar-refractivity contribution in [2.24, 2.45) is 0 Å². The minimum absolute atomic E-state index is 0.0000882. The van der Waals surface area contributed by atoms with Crippen molar-refractivity contribution in [3.63, 3.8) is 0 Å². The second-order valence-electron chi connectivity index (χ2n) is 8.02. The van der Waals surface area contributed by atoms with Crippen LogP contribution in [0.1, 0.15) is 38.4 Å². The number of esters is 1. The molecular weight excluding hydrogens is 420 g/mol. The van der Waals surface area contributed by atoms with E-state index in [0.717, 1.165) is 42.9 Å². The fourth-order valence-electron chi connectivity index (χ4n) is 3.96. The Bertz CT molecular complexity index is 1070. The van der Waals surface area contributed by atoms with Gasteiger partial charge in [-0.3, -0.25) is 10.1 Å². The van der Waals surface area contributed by atoms with E-state index in [0.29, 0.717) is 5.82 Å². The largest absolute Gasteiger partial charge is 0.462 e. The second-order valence-corrected chi connectivity index (χ2v) is 8.02. The van der Waals surface area contributed by atoms with Crippen LogP contribution >= 0.6 is 0 Å². The first-order valence-corrected chi connectivity index (χ1v) is 11.1. The molecule has 0 bridgehead atoms. The third kappa shape index (κ3) is 5.71. The number of carbonyl (C=O) groups is 2. The molecule has 1 unspecified atom stereocenters. The van der Waals surface area contributed by atoms with E-state index in [1.54, 1.807) is 16.9 Å². The van der Waals surface area contributed by atoms with Gasteiger partial charge in [0.1, 0.15) is 18.0 Å². The zero-order chi connectivity index (χ0) is 23.2. The van der Waals surface area contributed by atoms with Gasteiger partial charge < -0.3 is 14.4 Å². The van der Waals surface area contributed by atoms with Gasteiger partial charge >= 0.3 is 12.1 Å². The molecule has 8 nitrogen and oxygen atoms in total. The van der Waals surface area contributed by atoms with Gasteiger partial charge in [-0.1, -0.05) is 30.3 Å². The molecule has 2 aromatic carbocycles. The van der Waals surface area contributed by atoms with Crippen LogP contribution in [-0.4, -0.2) is 41.0 Å². The first kappa shape index (κ1) is 22.4. The van der Waals surface area contributed by atoms with Crippen LogP contribution < -0.4 is 10.2 Å². The maximum Gasteiger partial charge on any atom is 0.413 e. The number of nitrogens with zero attached hydrogens (tertiary/aromatic N) is 3. The Morgan fingerprint density at radius 2 is 1.67 bits per heavy atom. The number of amides is 1. The molecule has 3 aromatic rings. The molecule has 8 heteroatoms. The van der Waals surface area contributed by atoms with Gasteiger partial charge in [-0.25, -0.2) is 9.48 Å². The third-order valence-electron chi connectivity index (χ3n) is 5.66. The molecule has 4 rings (SSSR count). The van der Waals surface area contributed by atoms with Crippen LogP contribution in [0.2, 0.25) is 0 Å². The standard InChI is InChI=1S/C25H28N4O4/c1-18(20-6-4-3-5-7-20)32-25(31)27-24-12-15-26-29(24)22-10-8-21(9-11-22)28-16-13-23(14-17-28)33-19(2)30/h3-12,15,18,23H,13-14,16-17H2,1-2H3,(H,27,31). The SMILES string of the molecule is CC(=O)OC1CCN(c2ccc(-n3nccc3NC(=O)OC(C)c3ccccc3)cc2)CC1. The number of aromatic nitrogens is 2. The van der Waals surface area contributed by atoms with Crippen molar-refractivity contribution in [2.75, 3.05) is 23.3 Å². The molecule has 1 amide bonds. The Morgan fingerprint density at radius 3 is 2.33 bits per heavy atom. The summed E-state index contributed by atoms with van der Waals surface area (Å²) < 4.78 is 12.5. The molecule has 0 spiro atoms. The van der Waals surface area contributed by atoms with Crippen LogP contribution in [-0.2, 0) is 14.3 Å². The molecule has 0 aliphatic carbocycles. The highest BCUT2D eigenvalue weighted by Crippen LogP contribution is 2.24. The molecule has 2 heterocycles. The average molecular weight is 449 g/mol. The Kier molecular flexibility index (Phi) is 6.92. The maximum absolute atomic E-state index is 12.4. The molecule has 1 saturated heterocycles. The first-order valence-electron chi connectivity index (χ1n) is 11.1. The normalized spacial score (nSPS) is 15.0. The highest BCUT2D eigenvalue weighted by molar-refractivity contribution is 5.84. The van der Waals surface area contributed by atoms with E-state index in [1.165, 1.54) is 6.92 Å². The summed E-state index contributed by atoms with van der Waals surface area (Å²) in [6.45, 7) is 4.95. The van der Waals surface area contributed by atoms with E-state index in [1.807, 2.05) is 61.5 Å². The van der Waals surface area contributed by atoms with Gasteiger partial charge in [-0.2, -0.15) is 5.10 Å². The molecule has 1 fully saturated rings. The monoisotopic (exact) mass is 448 g/mol. The van der Waals surface area contributed by atoms with Gasteiger partial charge in [0.2, 0.25) is 0 Å². The van der Waals surface area contributed by atoms with Gasteiger partial charge in [-0.05, 0) is 36.8 Å². The van der Waals surface area contributed by atoms with Crippen LogP contribution in [0.15, 0.2) is 66.9 Å². The van der Waals surface area contributed by atoms with Crippen LogP contribution in [0.25, 0.3) is 5.69 Å². The van der Waals surface area contributed by atoms with Crippen molar-refractivity contribution < 1.29 is 19.1 Å². The van der Waals surface area contributed by atoms with Gasteiger partial charge in [0.15, 0.2) is 0 Å². The number of hydrogen-bond acceptors (Lipinski definition) is 6. The Balaban J connectivity index is 1.36. The molecule has 0 radical (unpaired) electrons.